The molecule has 0 aromatic heterocycles. The number of benzene rings is 7. The Morgan fingerprint density at radius 3 is 0.804 bits per heavy atom. The van der Waals surface area contributed by atoms with E-state index in [-0.39, 0.29) is 5.75 Å². The highest BCUT2D eigenvalue weighted by Gasteiger charge is 2.20. The van der Waals surface area contributed by atoms with E-state index in [0.29, 0.717) is 0 Å². The summed E-state index contributed by atoms with van der Waals surface area (Å²) in [5.41, 5.74) is 8.78. The van der Waals surface area contributed by atoms with Crippen molar-refractivity contribution < 1.29 is 5.11 Å². The molecule has 4 heteroatoms. The molecule has 0 radical (unpaired) electrons. The summed E-state index contributed by atoms with van der Waals surface area (Å²) in [5, 5.41) is 11.3. The van der Waals surface area contributed by atoms with Gasteiger partial charge in [0.25, 0.3) is 0 Å². The lowest BCUT2D eigenvalue weighted by Gasteiger charge is -2.31. The molecule has 0 amide bonds. The number of hydrogen-bond acceptors (Lipinski definition) is 4. The Kier molecular flexibility index (Phi) is 8.16. The van der Waals surface area contributed by atoms with Crippen LogP contribution in [0.5, 0.6) is 5.75 Å². The summed E-state index contributed by atoms with van der Waals surface area (Å²) >= 11 is 0. The van der Waals surface area contributed by atoms with Gasteiger partial charge in [0.05, 0.1) is 11.4 Å². The summed E-state index contributed by atoms with van der Waals surface area (Å²) in [6, 6.07) is 65.8. The third-order valence-corrected chi connectivity index (χ3v) is 7.82. The molecular formula is C42H33N3O. The quantitative estimate of drug-likeness (QED) is 0.180. The van der Waals surface area contributed by atoms with Crippen LogP contribution in [0.2, 0.25) is 0 Å². The lowest BCUT2D eigenvalue weighted by molar-refractivity contribution is 0.475. The molecule has 46 heavy (non-hydrogen) atoms. The normalized spacial score (nSPS) is 10.7. The first-order chi connectivity index (χ1) is 22.7. The van der Waals surface area contributed by atoms with Crippen molar-refractivity contribution >= 4 is 51.2 Å². The molecule has 0 heterocycles. The second kappa shape index (κ2) is 13.2. The average Bonchev–Trinajstić information content (AvgIpc) is 3.11. The Labute approximate surface area is 270 Å². The van der Waals surface area contributed by atoms with Gasteiger partial charge in [-0.05, 0) is 84.9 Å². The molecule has 222 valence electrons. The molecule has 0 saturated heterocycles. The zero-order chi connectivity index (χ0) is 31.1. The second-order valence-corrected chi connectivity index (χ2v) is 10.9. The number of anilines is 9. The number of hydrogen-bond donors (Lipinski definition) is 1. The molecule has 4 nitrogen and oxygen atoms in total. The Balaban J connectivity index is 1.39. The minimum absolute atomic E-state index is 0.177. The van der Waals surface area contributed by atoms with Crippen LogP contribution in [0.1, 0.15) is 0 Å². The van der Waals surface area contributed by atoms with E-state index in [2.05, 4.69) is 130 Å². The molecule has 0 spiro atoms. The maximum absolute atomic E-state index is 11.3. The van der Waals surface area contributed by atoms with Gasteiger partial charge in [0.15, 0.2) is 0 Å². The lowest BCUT2D eigenvalue weighted by Crippen LogP contribution is -2.14. The van der Waals surface area contributed by atoms with Gasteiger partial charge >= 0.3 is 0 Å². The Bertz CT molecular complexity index is 1920. The average molecular weight is 596 g/mol. The maximum atomic E-state index is 11.3. The van der Waals surface area contributed by atoms with Gasteiger partial charge in [-0.1, -0.05) is 97.1 Å². The standard InChI is InChI=1S/C42H33N3O/c46-42-31-40(44(35-21-10-3-11-22-35)36-23-12-4-13-24-36)30-41(32-42)45(37-25-14-5-15-26-37)39-28-16-27-38(29-39)43(33-17-6-1-7-18-33)34-19-8-2-9-20-34/h1-32,46H. The second-order valence-electron chi connectivity index (χ2n) is 10.9. The smallest absolute Gasteiger partial charge is 0.119 e. The van der Waals surface area contributed by atoms with Crippen molar-refractivity contribution in [1.82, 2.24) is 0 Å². The van der Waals surface area contributed by atoms with E-state index < -0.39 is 0 Å². The fraction of sp³-hybridized carbons (Fsp3) is 0. The van der Waals surface area contributed by atoms with Gasteiger partial charge in [-0.25, -0.2) is 0 Å². The highest BCUT2D eigenvalue weighted by Crippen LogP contribution is 2.44. The van der Waals surface area contributed by atoms with Crippen LogP contribution in [-0.4, -0.2) is 5.11 Å². The SMILES string of the molecule is Oc1cc(N(c2ccccc2)c2ccccc2)cc(N(c2ccccc2)c2cccc(N(c3ccccc3)c3ccccc3)c2)c1. The van der Waals surface area contributed by atoms with Gasteiger partial charge in [-0.15, -0.1) is 0 Å². The number of para-hydroxylation sites is 5. The third kappa shape index (κ3) is 6.05. The predicted molar refractivity (Wildman–Crippen MR) is 192 cm³/mol. The topological polar surface area (TPSA) is 30.0 Å². The van der Waals surface area contributed by atoms with Crippen molar-refractivity contribution in [2.24, 2.45) is 0 Å². The molecular weight excluding hydrogens is 562 g/mol. The van der Waals surface area contributed by atoms with Gasteiger partial charge in [0.1, 0.15) is 5.75 Å². The van der Waals surface area contributed by atoms with Crippen LogP contribution in [0.4, 0.5) is 51.2 Å². The highest BCUT2D eigenvalue weighted by atomic mass is 16.3. The minimum Gasteiger partial charge on any atom is -0.508 e. The number of phenols is 1. The molecule has 0 fully saturated rings. The molecule has 7 aromatic rings. The van der Waals surface area contributed by atoms with Crippen LogP contribution in [0.25, 0.3) is 0 Å². The third-order valence-electron chi connectivity index (χ3n) is 7.82. The molecule has 0 aliphatic rings. The first-order valence-corrected chi connectivity index (χ1v) is 15.3. The van der Waals surface area contributed by atoms with Gasteiger partial charge in [-0.3, -0.25) is 0 Å². The lowest BCUT2D eigenvalue weighted by atomic mass is 10.1. The Morgan fingerprint density at radius 2 is 0.478 bits per heavy atom. The highest BCUT2D eigenvalue weighted by molar-refractivity contribution is 5.86. The number of nitrogens with zero attached hydrogens (tertiary/aromatic N) is 3. The summed E-state index contributed by atoms with van der Waals surface area (Å²) in [6.45, 7) is 0. The molecule has 0 saturated carbocycles. The van der Waals surface area contributed by atoms with E-state index in [1.165, 1.54) is 0 Å². The van der Waals surface area contributed by atoms with Crippen LogP contribution in [0.3, 0.4) is 0 Å². The summed E-state index contributed by atoms with van der Waals surface area (Å²) in [4.78, 5) is 6.61. The molecule has 0 bridgehead atoms. The van der Waals surface area contributed by atoms with Crippen molar-refractivity contribution in [2.75, 3.05) is 14.7 Å². The molecule has 1 N–H and O–H groups in total. The fourth-order valence-electron chi connectivity index (χ4n) is 5.84. The number of phenolic OH excluding ortho intramolecular Hbond substituents is 1. The minimum atomic E-state index is 0.177. The van der Waals surface area contributed by atoms with Crippen LogP contribution in [0.15, 0.2) is 194 Å². The first kappa shape index (κ1) is 28.5. The summed E-state index contributed by atoms with van der Waals surface area (Å²) < 4.78 is 0. The Morgan fingerprint density at radius 1 is 0.239 bits per heavy atom. The van der Waals surface area contributed by atoms with Crippen molar-refractivity contribution in [2.45, 2.75) is 0 Å². The van der Waals surface area contributed by atoms with E-state index >= 15 is 0 Å². The van der Waals surface area contributed by atoms with Crippen LogP contribution < -0.4 is 14.7 Å². The fourth-order valence-corrected chi connectivity index (χ4v) is 5.84. The van der Waals surface area contributed by atoms with Gasteiger partial charge in [0, 0.05) is 51.9 Å². The summed E-state index contributed by atoms with van der Waals surface area (Å²) in [7, 11) is 0. The van der Waals surface area contributed by atoms with E-state index in [1.807, 2.05) is 78.9 Å². The summed E-state index contributed by atoms with van der Waals surface area (Å²) in [6.07, 6.45) is 0. The molecule has 0 unspecified atom stereocenters. The zero-order valence-electron chi connectivity index (χ0n) is 25.3. The number of rotatable bonds is 9. The largest absolute Gasteiger partial charge is 0.508 e. The number of aromatic hydroxyl groups is 1. The van der Waals surface area contributed by atoms with Crippen molar-refractivity contribution in [3.63, 3.8) is 0 Å². The Hall–Kier alpha value is -6.26. The van der Waals surface area contributed by atoms with Crippen molar-refractivity contribution in [1.29, 1.82) is 0 Å². The molecule has 0 aliphatic heterocycles. The van der Waals surface area contributed by atoms with E-state index in [9.17, 15) is 5.11 Å². The van der Waals surface area contributed by atoms with Crippen LogP contribution in [0, 0.1) is 0 Å². The molecule has 0 aliphatic carbocycles. The summed E-state index contributed by atoms with van der Waals surface area (Å²) in [5.74, 6) is 0.177. The molecule has 7 aromatic carbocycles. The zero-order valence-corrected chi connectivity index (χ0v) is 25.3. The van der Waals surface area contributed by atoms with E-state index in [0.717, 1.165) is 51.2 Å². The van der Waals surface area contributed by atoms with Crippen molar-refractivity contribution in [3.05, 3.63) is 194 Å². The monoisotopic (exact) mass is 595 g/mol. The van der Waals surface area contributed by atoms with E-state index in [1.54, 1.807) is 0 Å². The van der Waals surface area contributed by atoms with Gasteiger partial charge in [-0.2, -0.15) is 0 Å². The first-order valence-electron chi connectivity index (χ1n) is 15.3. The maximum Gasteiger partial charge on any atom is 0.119 e. The molecule has 0 atom stereocenters. The van der Waals surface area contributed by atoms with Crippen LogP contribution >= 0.6 is 0 Å². The predicted octanol–water partition coefficient (Wildman–Crippen LogP) is 11.8. The van der Waals surface area contributed by atoms with E-state index in [4.69, 9.17) is 0 Å². The van der Waals surface area contributed by atoms with Crippen LogP contribution in [-0.2, 0) is 0 Å². The van der Waals surface area contributed by atoms with Gasteiger partial charge in [0.2, 0.25) is 0 Å². The van der Waals surface area contributed by atoms with Gasteiger partial charge < -0.3 is 19.8 Å². The molecule has 7 rings (SSSR count). The van der Waals surface area contributed by atoms with Crippen molar-refractivity contribution in [3.8, 4) is 5.75 Å².